The van der Waals surface area contributed by atoms with Crippen LogP contribution in [-0.2, 0) is 11.1 Å². The predicted molar refractivity (Wildman–Crippen MR) is 82.2 cm³/mol. The molecule has 0 radical (unpaired) electrons. The number of nitro benzene ring substituents is 1. The van der Waals surface area contributed by atoms with E-state index in [1.807, 2.05) is 0 Å². The Bertz CT molecular complexity index is 783. The summed E-state index contributed by atoms with van der Waals surface area (Å²) in [6.45, 7) is 0. The van der Waals surface area contributed by atoms with Gasteiger partial charge in [-0.05, 0) is 30.3 Å². The Labute approximate surface area is 137 Å². The van der Waals surface area contributed by atoms with Crippen LogP contribution in [0.3, 0.4) is 0 Å². The first-order valence-electron chi connectivity index (χ1n) is 6.32. The number of hydrogen-bond acceptors (Lipinski definition) is 6. The van der Waals surface area contributed by atoms with Crippen molar-refractivity contribution in [1.82, 2.24) is 0 Å². The number of hydrogen-bond donors (Lipinski definition) is 2. The van der Waals surface area contributed by atoms with E-state index in [4.69, 9.17) is 14.6 Å². The number of aromatic carboxylic acids is 1. The van der Waals surface area contributed by atoms with Gasteiger partial charge in [-0.2, -0.15) is 0 Å². The molecule has 2 rings (SSSR count). The first-order chi connectivity index (χ1) is 11.3. The Balaban J connectivity index is 2.58. The minimum Gasteiger partial charge on any atom is -0.497 e. The van der Waals surface area contributed by atoms with Crippen LogP contribution in [-0.4, -0.2) is 31.9 Å². The van der Waals surface area contributed by atoms with E-state index < -0.39 is 43.9 Å². The Morgan fingerprint density at radius 2 is 1.79 bits per heavy atom. The summed E-state index contributed by atoms with van der Waals surface area (Å²) in [6.07, 6.45) is 0. The fourth-order valence-electron chi connectivity index (χ4n) is 1.84. The first kappa shape index (κ1) is 17.4. The molecule has 24 heavy (non-hydrogen) atoms. The molecule has 0 aliphatic carbocycles. The van der Waals surface area contributed by atoms with Gasteiger partial charge < -0.3 is 19.1 Å². The second-order valence-electron chi connectivity index (χ2n) is 4.41. The molecule has 0 aliphatic heterocycles. The van der Waals surface area contributed by atoms with Gasteiger partial charge in [0.15, 0.2) is 11.1 Å². The van der Waals surface area contributed by atoms with Crippen molar-refractivity contribution < 1.29 is 33.1 Å². The van der Waals surface area contributed by atoms with Crippen LogP contribution in [0, 0.1) is 10.1 Å². The van der Waals surface area contributed by atoms with E-state index in [9.17, 15) is 23.7 Å². The molecule has 0 aliphatic rings. The van der Waals surface area contributed by atoms with Gasteiger partial charge in [-0.3, -0.25) is 10.1 Å². The van der Waals surface area contributed by atoms with Crippen LogP contribution in [0.25, 0.3) is 0 Å². The van der Waals surface area contributed by atoms with Crippen molar-refractivity contribution in [2.45, 2.75) is 4.90 Å². The lowest BCUT2D eigenvalue weighted by molar-refractivity contribution is -0.385. The maximum atomic E-state index is 11.5. The topological polar surface area (TPSA) is 136 Å². The van der Waals surface area contributed by atoms with Crippen molar-refractivity contribution in [1.29, 1.82) is 0 Å². The first-order valence-corrected chi connectivity index (χ1v) is 7.42. The van der Waals surface area contributed by atoms with Gasteiger partial charge >= 0.3 is 11.7 Å². The highest BCUT2D eigenvalue weighted by Crippen LogP contribution is 2.38. The zero-order chi connectivity index (χ0) is 17.9. The van der Waals surface area contributed by atoms with E-state index in [0.29, 0.717) is 5.75 Å². The van der Waals surface area contributed by atoms with Crippen molar-refractivity contribution >= 4 is 22.7 Å². The van der Waals surface area contributed by atoms with Gasteiger partial charge in [-0.1, -0.05) is 0 Å². The highest BCUT2D eigenvalue weighted by molar-refractivity contribution is 7.79. The van der Waals surface area contributed by atoms with Gasteiger partial charge in [0.25, 0.3) is 0 Å². The molecular weight excluding hydrogens is 342 g/mol. The van der Waals surface area contributed by atoms with Crippen LogP contribution in [0.2, 0.25) is 0 Å². The fraction of sp³-hybridized carbons (Fsp3) is 0.0714. The number of carboxylic acids is 1. The number of nitrogens with zero attached hydrogens (tertiary/aromatic N) is 1. The van der Waals surface area contributed by atoms with Gasteiger partial charge in [0.1, 0.15) is 16.4 Å². The molecule has 10 heteroatoms. The molecule has 0 spiro atoms. The quantitative estimate of drug-likeness (QED) is 0.459. The molecule has 9 nitrogen and oxygen atoms in total. The second-order valence-corrected chi connectivity index (χ2v) is 5.35. The molecule has 0 aromatic heterocycles. The minimum atomic E-state index is -2.69. The summed E-state index contributed by atoms with van der Waals surface area (Å²) in [6, 6.07) is 7.56. The van der Waals surface area contributed by atoms with E-state index in [2.05, 4.69) is 0 Å². The molecule has 2 aromatic carbocycles. The number of ether oxygens (including phenoxy) is 2. The maximum absolute atomic E-state index is 11.5. The minimum absolute atomic E-state index is 0.147. The molecular formula is C14H11NO8S. The van der Waals surface area contributed by atoms with E-state index in [0.717, 1.165) is 12.1 Å². The summed E-state index contributed by atoms with van der Waals surface area (Å²) in [5.74, 6) is -1.31. The average molecular weight is 353 g/mol. The van der Waals surface area contributed by atoms with Gasteiger partial charge in [-0.25, -0.2) is 9.00 Å². The molecule has 126 valence electrons. The molecule has 0 fully saturated rings. The normalized spacial score (nSPS) is 11.6. The Hall–Kier alpha value is -2.98. The smallest absolute Gasteiger partial charge is 0.335 e. The largest absolute Gasteiger partial charge is 0.497 e. The predicted octanol–water partition coefficient (Wildman–Crippen LogP) is 2.67. The number of carbonyl (C=O) groups is 1. The van der Waals surface area contributed by atoms with Crippen LogP contribution < -0.4 is 9.47 Å². The van der Waals surface area contributed by atoms with Crippen LogP contribution in [0.1, 0.15) is 10.4 Å². The summed E-state index contributed by atoms with van der Waals surface area (Å²) in [5.41, 5.74) is -1.23. The summed E-state index contributed by atoms with van der Waals surface area (Å²) >= 11 is -2.69. The zero-order valence-electron chi connectivity index (χ0n) is 12.2. The van der Waals surface area contributed by atoms with E-state index in [1.165, 1.54) is 31.4 Å². The summed E-state index contributed by atoms with van der Waals surface area (Å²) < 4.78 is 31.1. The van der Waals surface area contributed by atoms with Crippen molar-refractivity contribution in [3.8, 4) is 17.2 Å². The van der Waals surface area contributed by atoms with Crippen LogP contribution in [0.5, 0.6) is 17.2 Å². The highest BCUT2D eigenvalue weighted by atomic mass is 32.2. The number of methoxy groups -OCH3 is 1. The van der Waals surface area contributed by atoms with Gasteiger partial charge in [0.05, 0.1) is 17.6 Å². The molecule has 0 saturated carbocycles. The van der Waals surface area contributed by atoms with E-state index >= 15 is 0 Å². The summed E-state index contributed by atoms with van der Waals surface area (Å²) in [4.78, 5) is 20.8. The molecule has 0 amide bonds. The molecule has 2 aromatic rings. The van der Waals surface area contributed by atoms with Crippen LogP contribution in [0.15, 0.2) is 41.3 Å². The third-order valence-electron chi connectivity index (χ3n) is 2.95. The number of benzene rings is 2. The molecule has 0 bridgehead atoms. The SMILES string of the molecule is COc1ccc(Oc2c([N+](=O)[O-])cc(C(=O)O)cc2S(=O)O)cc1. The Morgan fingerprint density at radius 3 is 2.25 bits per heavy atom. The van der Waals surface area contributed by atoms with Crippen molar-refractivity contribution in [2.75, 3.05) is 7.11 Å². The van der Waals surface area contributed by atoms with Crippen molar-refractivity contribution in [2.24, 2.45) is 0 Å². The monoisotopic (exact) mass is 353 g/mol. The summed E-state index contributed by atoms with van der Waals surface area (Å²) in [7, 11) is 1.46. The average Bonchev–Trinajstić information content (AvgIpc) is 2.54. The van der Waals surface area contributed by atoms with Gasteiger partial charge in [-0.15, -0.1) is 0 Å². The standard InChI is InChI=1S/C14H11NO8S/c1-22-9-2-4-10(5-3-9)23-13-11(15(18)19)6-8(14(16)17)7-12(13)24(20)21/h2-7H,1H3,(H,16,17)(H,20,21). The maximum Gasteiger partial charge on any atom is 0.335 e. The fourth-order valence-corrected chi connectivity index (χ4v) is 2.37. The second kappa shape index (κ2) is 7.06. The zero-order valence-corrected chi connectivity index (χ0v) is 13.0. The highest BCUT2D eigenvalue weighted by Gasteiger charge is 2.26. The molecule has 2 N–H and O–H groups in total. The lowest BCUT2D eigenvalue weighted by Crippen LogP contribution is -2.05. The molecule has 1 unspecified atom stereocenters. The number of nitro groups is 1. The molecule has 0 heterocycles. The lowest BCUT2D eigenvalue weighted by Gasteiger charge is -2.11. The van der Waals surface area contributed by atoms with Crippen LogP contribution in [0.4, 0.5) is 5.69 Å². The van der Waals surface area contributed by atoms with E-state index in [-0.39, 0.29) is 5.75 Å². The molecule has 1 atom stereocenters. The van der Waals surface area contributed by atoms with E-state index in [1.54, 1.807) is 0 Å². The lowest BCUT2D eigenvalue weighted by atomic mass is 10.2. The van der Waals surface area contributed by atoms with Crippen molar-refractivity contribution in [3.63, 3.8) is 0 Å². The van der Waals surface area contributed by atoms with Crippen molar-refractivity contribution in [3.05, 3.63) is 52.1 Å². The van der Waals surface area contributed by atoms with Crippen LogP contribution >= 0.6 is 0 Å². The third kappa shape index (κ3) is 3.67. The Kier molecular flexibility index (Phi) is 5.11. The van der Waals surface area contributed by atoms with Gasteiger partial charge in [0, 0.05) is 6.07 Å². The molecule has 0 saturated heterocycles. The summed E-state index contributed by atoms with van der Waals surface area (Å²) in [5, 5.41) is 20.2. The third-order valence-corrected chi connectivity index (χ3v) is 3.63. The van der Waals surface area contributed by atoms with Gasteiger partial charge in [0.2, 0.25) is 5.75 Å². The number of rotatable bonds is 6. The number of carboxylic acid groups (broad SMARTS) is 1. The Morgan fingerprint density at radius 1 is 1.21 bits per heavy atom.